The third-order valence-electron chi connectivity index (χ3n) is 2.36. The fourth-order valence-corrected chi connectivity index (χ4v) is 3.24. The van der Waals surface area contributed by atoms with Crippen molar-refractivity contribution < 1.29 is 13.2 Å². The van der Waals surface area contributed by atoms with E-state index in [9.17, 15) is 13.2 Å². The number of likely N-dealkylation sites (N-methyl/N-ethyl adjacent to an activating group) is 1. The summed E-state index contributed by atoms with van der Waals surface area (Å²) in [5.41, 5.74) is 0. The molecular formula is C8H12N2O3S. The van der Waals surface area contributed by atoms with Gasteiger partial charge in [-0.05, 0) is 6.42 Å². The first kappa shape index (κ1) is 11.0. The standard InChI is InChI=1S/C8H12N2O3S/c1-9-5-8(11)10(2)7-3-4-14(12,13)6-7/h7H,3-6H2,2H3. The molecule has 1 unspecified atom stereocenters. The van der Waals surface area contributed by atoms with E-state index < -0.39 is 9.84 Å². The molecule has 0 aromatic heterocycles. The minimum absolute atomic E-state index is 0.0350. The molecule has 1 heterocycles. The van der Waals surface area contributed by atoms with Crippen LogP contribution in [0.15, 0.2) is 0 Å². The van der Waals surface area contributed by atoms with Gasteiger partial charge in [0.1, 0.15) is 0 Å². The van der Waals surface area contributed by atoms with Crippen LogP contribution in [0, 0.1) is 6.57 Å². The van der Waals surface area contributed by atoms with E-state index in [1.54, 1.807) is 7.05 Å². The zero-order valence-corrected chi connectivity index (χ0v) is 8.75. The Morgan fingerprint density at radius 2 is 2.29 bits per heavy atom. The first-order valence-corrected chi connectivity index (χ1v) is 6.08. The van der Waals surface area contributed by atoms with Gasteiger partial charge in [0.25, 0.3) is 6.54 Å². The monoisotopic (exact) mass is 216 g/mol. The molecule has 1 rings (SSSR count). The summed E-state index contributed by atoms with van der Waals surface area (Å²) >= 11 is 0. The van der Waals surface area contributed by atoms with E-state index in [-0.39, 0.29) is 30.0 Å². The molecule has 0 aromatic rings. The van der Waals surface area contributed by atoms with Crippen molar-refractivity contribution in [2.45, 2.75) is 12.5 Å². The van der Waals surface area contributed by atoms with Crippen LogP contribution in [0.1, 0.15) is 6.42 Å². The number of hydrogen-bond acceptors (Lipinski definition) is 3. The largest absolute Gasteiger partial charge is 0.335 e. The minimum atomic E-state index is -2.96. The molecule has 1 saturated heterocycles. The van der Waals surface area contributed by atoms with Crippen molar-refractivity contribution in [3.63, 3.8) is 0 Å². The first-order valence-electron chi connectivity index (χ1n) is 4.25. The van der Waals surface area contributed by atoms with Crippen molar-refractivity contribution in [1.82, 2.24) is 4.90 Å². The summed E-state index contributed by atoms with van der Waals surface area (Å²) in [4.78, 5) is 15.6. The van der Waals surface area contributed by atoms with Crippen LogP contribution in [0.4, 0.5) is 0 Å². The molecule has 1 aliphatic rings. The molecule has 1 fully saturated rings. The number of hydrogen-bond donors (Lipinski definition) is 0. The normalized spacial score (nSPS) is 24.1. The van der Waals surface area contributed by atoms with Gasteiger partial charge in [0, 0.05) is 13.1 Å². The Labute approximate surface area is 83.4 Å². The van der Waals surface area contributed by atoms with Gasteiger partial charge in [-0.3, -0.25) is 4.79 Å². The topological polar surface area (TPSA) is 58.8 Å². The number of nitrogens with zero attached hydrogens (tertiary/aromatic N) is 2. The van der Waals surface area contributed by atoms with Crippen LogP contribution in [0.25, 0.3) is 4.85 Å². The van der Waals surface area contributed by atoms with Crippen molar-refractivity contribution in [3.05, 3.63) is 11.4 Å². The third kappa shape index (κ3) is 2.45. The van der Waals surface area contributed by atoms with Crippen molar-refractivity contribution in [2.24, 2.45) is 0 Å². The highest BCUT2D eigenvalue weighted by Crippen LogP contribution is 2.16. The van der Waals surface area contributed by atoms with Gasteiger partial charge in [-0.1, -0.05) is 0 Å². The molecule has 0 aromatic carbocycles. The predicted octanol–water partition coefficient (Wildman–Crippen LogP) is -0.449. The van der Waals surface area contributed by atoms with Crippen LogP contribution in [0.5, 0.6) is 0 Å². The summed E-state index contributed by atoms with van der Waals surface area (Å²) in [6.45, 7) is 6.33. The fourth-order valence-electron chi connectivity index (χ4n) is 1.46. The van der Waals surface area contributed by atoms with Crippen LogP contribution < -0.4 is 0 Å². The van der Waals surface area contributed by atoms with Gasteiger partial charge in [-0.2, -0.15) is 0 Å². The average molecular weight is 216 g/mol. The Morgan fingerprint density at radius 1 is 1.64 bits per heavy atom. The van der Waals surface area contributed by atoms with E-state index in [0.29, 0.717) is 6.42 Å². The van der Waals surface area contributed by atoms with Gasteiger partial charge in [-0.15, -0.1) is 0 Å². The second kappa shape index (κ2) is 3.96. The molecular weight excluding hydrogens is 204 g/mol. The molecule has 5 nitrogen and oxygen atoms in total. The summed E-state index contributed by atoms with van der Waals surface area (Å²) in [5, 5.41) is 0. The number of carbonyl (C=O) groups is 1. The molecule has 0 aliphatic carbocycles. The molecule has 6 heteroatoms. The smallest absolute Gasteiger partial charge is 0.302 e. The molecule has 1 atom stereocenters. The second-order valence-electron chi connectivity index (χ2n) is 3.38. The molecule has 1 amide bonds. The zero-order valence-electron chi connectivity index (χ0n) is 7.93. The second-order valence-corrected chi connectivity index (χ2v) is 5.61. The number of carbonyl (C=O) groups excluding carboxylic acids is 1. The minimum Gasteiger partial charge on any atom is -0.335 e. The maximum atomic E-state index is 11.3. The van der Waals surface area contributed by atoms with Crippen LogP contribution in [-0.4, -0.2) is 50.4 Å². The fraction of sp³-hybridized carbons (Fsp3) is 0.750. The molecule has 0 radical (unpaired) electrons. The van der Waals surface area contributed by atoms with Gasteiger partial charge in [0.15, 0.2) is 9.84 Å². The molecule has 0 N–H and O–H groups in total. The Hall–Kier alpha value is -1.09. The average Bonchev–Trinajstić information content (AvgIpc) is 2.45. The summed E-state index contributed by atoms with van der Waals surface area (Å²) in [6.07, 6.45) is 0.489. The lowest BCUT2D eigenvalue weighted by Crippen LogP contribution is -2.38. The van der Waals surface area contributed by atoms with Crippen molar-refractivity contribution >= 4 is 15.7 Å². The van der Waals surface area contributed by atoms with E-state index in [4.69, 9.17) is 6.57 Å². The number of amides is 1. The van der Waals surface area contributed by atoms with E-state index in [1.807, 2.05) is 0 Å². The lowest BCUT2D eigenvalue weighted by Gasteiger charge is -2.20. The lowest BCUT2D eigenvalue weighted by molar-refractivity contribution is -0.129. The Bertz CT molecular complexity index is 369. The predicted molar refractivity (Wildman–Crippen MR) is 51.3 cm³/mol. The lowest BCUT2D eigenvalue weighted by atomic mass is 10.2. The van der Waals surface area contributed by atoms with E-state index >= 15 is 0 Å². The van der Waals surface area contributed by atoms with Gasteiger partial charge < -0.3 is 9.74 Å². The van der Waals surface area contributed by atoms with E-state index in [1.165, 1.54) is 4.90 Å². The molecule has 1 aliphatic heterocycles. The summed E-state index contributed by atoms with van der Waals surface area (Å²) in [6, 6.07) is -0.241. The van der Waals surface area contributed by atoms with Crippen molar-refractivity contribution in [2.75, 3.05) is 25.1 Å². The van der Waals surface area contributed by atoms with Gasteiger partial charge in [-0.25, -0.2) is 15.0 Å². The van der Waals surface area contributed by atoms with Crippen LogP contribution in [-0.2, 0) is 14.6 Å². The third-order valence-corrected chi connectivity index (χ3v) is 4.11. The highest BCUT2D eigenvalue weighted by atomic mass is 32.2. The highest BCUT2D eigenvalue weighted by molar-refractivity contribution is 7.91. The van der Waals surface area contributed by atoms with Crippen LogP contribution in [0.3, 0.4) is 0 Å². The molecule has 0 saturated carbocycles. The Kier molecular flexibility index (Phi) is 3.11. The van der Waals surface area contributed by atoms with Gasteiger partial charge in [0.2, 0.25) is 0 Å². The molecule has 78 valence electrons. The molecule has 0 bridgehead atoms. The number of sulfone groups is 1. The Balaban J connectivity index is 2.60. The molecule has 0 spiro atoms. The van der Waals surface area contributed by atoms with E-state index in [2.05, 4.69) is 4.85 Å². The summed E-state index contributed by atoms with van der Waals surface area (Å²) < 4.78 is 22.3. The summed E-state index contributed by atoms with van der Waals surface area (Å²) in [7, 11) is -1.41. The van der Waals surface area contributed by atoms with E-state index in [0.717, 1.165) is 0 Å². The quantitative estimate of drug-likeness (QED) is 0.587. The highest BCUT2D eigenvalue weighted by Gasteiger charge is 2.33. The Morgan fingerprint density at radius 3 is 2.71 bits per heavy atom. The molecule has 14 heavy (non-hydrogen) atoms. The SMILES string of the molecule is [C-]#[N+]CC(=O)N(C)C1CCS(=O)(=O)C1. The number of rotatable bonds is 2. The summed E-state index contributed by atoms with van der Waals surface area (Å²) in [5.74, 6) is -0.123. The van der Waals surface area contributed by atoms with Gasteiger partial charge in [0.05, 0.1) is 11.5 Å². The zero-order chi connectivity index (χ0) is 10.8. The maximum absolute atomic E-state index is 11.3. The van der Waals surface area contributed by atoms with Crippen LogP contribution >= 0.6 is 0 Å². The van der Waals surface area contributed by atoms with Crippen LogP contribution in [0.2, 0.25) is 0 Å². The van der Waals surface area contributed by atoms with Gasteiger partial charge >= 0.3 is 5.91 Å². The maximum Gasteiger partial charge on any atom is 0.302 e. The van der Waals surface area contributed by atoms with Crippen molar-refractivity contribution in [3.8, 4) is 0 Å². The first-order chi connectivity index (χ1) is 6.46. The van der Waals surface area contributed by atoms with Crippen molar-refractivity contribution in [1.29, 1.82) is 0 Å².